The Kier molecular flexibility index (Phi) is 7.30. The van der Waals surface area contributed by atoms with E-state index in [0.717, 1.165) is 32.1 Å². The van der Waals surface area contributed by atoms with E-state index in [1.807, 2.05) is 0 Å². The van der Waals surface area contributed by atoms with E-state index in [1.165, 1.54) is 0 Å². The normalized spacial score (nSPS) is 24.1. The van der Waals surface area contributed by atoms with Crippen molar-refractivity contribution in [3.8, 4) is 0 Å². The minimum Gasteiger partial charge on any atom is -0.391 e. The van der Waals surface area contributed by atoms with Crippen LogP contribution in [0.15, 0.2) is 0 Å². The molecule has 5 nitrogen and oxygen atoms in total. The van der Waals surface area contributed by atoms with E-state index < -0.39 is 6.10 Å². The Morgan fingerprint density at radius 1 is 1.30 bits per heavy atom. The zero-order valence-electron chi connectivity index (χ0n) is 13.4. The lowest BCUT2D eigenvalue weighted by Gasteiger charge is -2.22. The van der Waals surface area contributed by atoms with Crippen molar-refractivity contribution in [3.63, 3.8) is 0 Å². The molecule has 0 radical (unpaired) electrons. The standard InChI is InChI=1S/C15H31N3O2/c1-5-11(6-2)14(19)10-16-15(20)17-12-7-8-13(9-12)18(3)4/h11-14,19H,5-10H2,1-4H3,(H2,16,17,20). The Hall–Kier alpha value is -0.810. The first-order valence-corrected chi connectivity index (χ1v) is 7.86. The van der Waals surface area contributed by atoms with Crippen LogP contribution >= 0.6 is 0 Å². The van der Waals surface area contributed by atoms with E-state index in [1.54, 1.807) is 0 Å². The Morgan fingerprint density at radius 2 is 1.95 bits per heavy atom. The summed E-state index contributed by atoms with van der Waals surface area (Å²) in [7, 11) is 4.16. The molecule has 1 rings (SSSR count). The number of carbonyl (C=O) groups excluding carboxylic acids is 1. The molecule has 118 valence electrons. The van der Waals surface area contributed by atoms with Gasteiger partial charge in [-0.15, -0.1) is 0 Å². The van der Waals surface area contributed by atoms with Crippen molar-refractivity contribution in [2.45, 2.75) is 64.1 Å². The highest BCUT2D eigenvalue weighted by Gasteiger charge is 2.27. The number of aliphatic hydroxyl groups is 1. The van der Waals surface area contributed by atoms with Crippen molar-refractivity contribution < 1.29 is 9.90 Å². The molecule has 1 saturated carbocycles. The van der Waals surface area contributed by atoms with Crippen LogP contribution in [0.4, 0.5) is 4.79 Å². The van der Waals surface area contributed by atoms with Crippen LogP contribution in [-0.4, -0.2) is 54.9 Å². The summed E-state index contributed by atoms with van der Waals surface area (Å²) in [4.78, 5) is 14.1. The van der Waals surface area contributed by atoms with Gasteiger partial charge in [0.2, 0.25) is 0 Å². The predicted octanol–water partition coefficient (Wildman–Crippen LogP) is 1.57. The zero-order chi connectivity index (χ0) is 15.1. The van der Waals surface area contributed by atoms with Gasteiger partial charge in [-0.1, -0.05) is 26.7 Å². The van der Waals surface area contributed by atoms with Crippen molar-refractivity contribution in [1.29, 1.82) is 0 Å². The van der Waals surface area contributed by atoms with Gasteiger partial charge < -0.3 is 20.6 Å². The van der Waals surface area contributed by atoms with E-state index in [-0.39, 0.29) is 18.0 Å². The molecule has 0 bridgehead atoms. The molecule has 0 spiro atoms. The van der Waals surface area contributed by atoms with Crippen LogP contribution < -0.4 is 10.6 Å². The first kappa shape index (κ1) is 17.2. The fourth-order valence-electron chi connectivity index (χ4n) is 2.99. The number of carbonyl (C=O) groups is 1. The molecule has 0 aliphatic heterocycles. The van der Waals surface area contributed by atoms with Gasteiger partial charge in [-0.25, -0.2) is 4.79 Å². The molecule has 0 aromatic rings. The minimum absolute atomic E-state index is 0.153. The number of aliphatic hydroxyl groups excluding tert-OH is 1. The summed E-state index contributed by atoms with van der Waals surface area (Å²) in [5.41, 5.74) is 0. The molecule has 1 fully saturated rings. The Bertz CT molecular complexity index is 293. The van der Waals surface area contributed by atoms with Crippen LogP contribution in [0.3, 0.4) is 0 Å². The summed E-state index contributed by atoms with van der Waals surface area (Å²) >= 11 is 0. The van der Waals surface area contributed by atoms with Gasteiger partial charge in [0.05, 0.1) is 6.10 Å². The molecular weight excluding hydrogens is 254 g/mol. The van der Waals surface area contributed by atoms with Gasteiger partial charge in [0.15, 0.2) is 0 Å². The van der Waals surface area contributed by atoms with Crippen LogP contribution in [0.2, 0.25) is 0 Å². The summed E-state index contributed by atoms with van der Waals surface area (Å²) in [5.74, 6) is 0.264. The Balaban J connectivity index is 2.24. The molecule has 1 aliphatic rings. The van der Waals surface area contributed by atoms with E-state index in [9.17, 15) is 9.90 Å². The molecule has 0 aromatic heterocycles. The van der Waals surface area contributed by atoms with Crippen LogP contribution in [0.5, 0.6) is 0 Å². The zero-order valence-corrected chi connectivity index (χ0v) is 13.4. The SMILES string of the molecule is CCC(CC)C(O)CNC(=O)NC1CCC(N(C)C)C1. The maximum atomic E-state index is 11.8. The van der Waals surface area contributed by atoms with Crippen LogP contribution in [-0.2, 0) is 0 Å². The summed E-state index contributed by atoms with van der Waals surface area (Å²) < 4.78 is 0. The molecule has 20 heavy (non-hydrogen) atoms. The lowest BCUT2D eigenvalue weighted by atomic mass is 9.97. The molecule has 0 heterocycles. The predicted molar refractivity (Wildman–Crippen MR) is 81.7 cm³/mol. The van der Waals surface area contributed by atoms with Gasteiger partial charge in [-0.3, -0.25) is 0 Å². The molecule has 2 amide bonds. The molecular formula is C15H31N3O2. The van der Waals surface area contributed by atoms with Gasteiger partial charge >= 0.3 is 6.03 Å². The third-order valence-corrected chi connectivity index (χ3v) is 4.54. The third kappa shape index (κ3) is 5.29. The fourth-order valence-corrected chi connectivity index (χ4v) is 2.99. The number of rotatable bonds is 7. The number of amides is 2. The van der Waals surface area contributed by atoms with Crippen molar-refractivity contribution >= 4 is 6.03 Å². The number of hydrogen-bond acceptors (Lipinski definition) is 3. The van der Waals surface area contributed by atoms with Crippen LogP contribution in [0, 0.1) is 5.92 Å². The third-order valence-electron chi connectivity index (χ3n) is 4.54. The number of nitrogens with zero attached hydrogens (tertiary/aromatic N) is 1. The number of hydrogen-bond donors (Lipinski definition) is 3. The largest absolute Gasteiger partial charge is 0.391 e. The maximum Gasteiger partial charge on any atom is 0.315 e. The van der Waals surface area contributed by atoms with E-state index in [2.05, 4.69) is 43.5 Å². The van der Waals surface area contributed by atoms with Crippen molar-refractivity contribution in [2.24, 2.45) is 5.92 Å². The molecule has 0 saturated heterocycles. The van der Waals surface area contributed by atoms with Crippen LogP contribution in [0.25, 0.3) is 0 Å². The van der Waals surface area contributed by atoms with Gasteiger partial charge in [-0.05, 0) is 39.3 Å². The average Bonchev–Trinajstić information content (AvgIpc) is 2.86. The lowest BCUT2D eigenvalue weighted by Crippen LogP contribution is -2.45. The second-order valence-electron chi connectivity index (χ2n) is 6.13. The molecule has 0 aromatic carbocycles. The maximum absolute atomic E-state index is 11.8. The van der Waals surface area contributed by atoms with E-state index in [0.29, 0.717) is 12.6 Å². The Labute approximate surface area is 123 Å². The summed E-state index contributed by atoms with van der Waals surface area (Å²) in [5, 5.41) is 15.8. The smallest absolute Gasteiger partial charge is 0.315 e. The second-order valence-corrected chi connectivity index (χ2v) is 6.13. The first-order valence-electron chi connectivity index (χ1n) is 7.86. The highest BCUT2D eigenvalue weighted by Crippen LogP contribution is 2.22. The molecule has 3 atom stereocenters. The monoisotopic (exact) mass is 285 g/mol. The fraction of sp³-hybridized carbons (Fsp3) is 0.933. The van der Waals surface area contributed by atoms with Gasteiger partial charge in [-0.2, -0.15) is 0 Å². The minimum atomic E-state index is -0.450. The first-order chi connectivity index (χ1) is 9.47. The molecule has 1 aliphatic carbocycles. The number of urea groups is 1. The average molecular weight is 285 g/mol. The van der Waals surface area contributed by atoms with E-state index >= 15 is 0 Å². The molecule has 3 unspecified atom stereocenters. The summed E-state index contributed by atoms with van der Waals surface area (Å²) in [6.45, 7) is 4.47. The topological polar surface area (TPSA) is 64.6 Å². The van der Waals surface area contributed by atoms with Crippen LogP contribution in [0.1, 0.15) is 46.0 Å². The van der Waals surface area contributed by atoms with Crippen molar-refractivity contribution in [1.82, 2.24) is 15.5 Å². The summed E-state index contributed by atoms with van der Waals surface area (Å²) in [6, 6.07) is 0.669. The van der Waals surface area contributed by atoms with Gasteiger partial charge in [0.1, 0.15) is 0 Å². The van der Waals surface area contributed by atoms with Gasteiger partial charge in [0.25, 0.3) is 0 Å². The van der Waals surface area contributed by atoms with Crippen molar-refractivity contribution in [2.75, 3.05) is 20.6 Å². The molecule has 5 heteroatoms. The van der Waals surface area contributed by atoms with E-state index in [4.69, 9.17) is 0 Å². The Morgan fingerprint density at radius 3 is 2.45 bits per heavy atom. The lowest BCUT2D eigenvalue weighted by molar-refractivity contribution is 0.103. The quantitative estimate of drug-likeness (QED) is 0.665. The highest BCUT2D eigenvalue weighted by molar-refractivity contribution is 5.74. The second kappa shape index (κ2) is 8.47. The summed E-state index contributed by atoms with van der Waals surface area (Å²) in [6.07, 6.45) is 4.60. The highest BCUT2D eigenvalue weighted by atomic mass is 16.3. The van der Waals surface area contributed by atoms with Gasteiger partial charge in [0, 0.05) is 18.6 Å². The number of nitrogens with one attached hydrogen (secondary N) is 2. The van der Waals surface area contributed by atoms with Crippen molar-refractivity contribution in [3.05, 3.63) is 0 Å². The molecule has 3 N–H and O–H groups in total.